The molecule has 3 N–H and O–H groups in total. The van der Waals surface area contributed by atoms with Crippen LogP contribution in [0.5, 0.6) is 5.75 Å². The third kappa shape index (κ3) is 3.25. The number of nitrogen functional groups attached to an aromatic ring is 1. The Labute approximate surface area is 89.5 Å². The summed E-state index contributed by atoms with van der Waals surface area (Å²) in [5.74, 6) is 1.47. The van der Waals surface area contributed by atoms with Crippen LogP contribution in [0.1, 0.15) is 0 Å². The lowest BCUT2D eigenvalue weighted by Gasteiger charge is -2.13. The topological polar surface area (TPSA) is 76.3 Å². The molecule has 0 spiro atoms. The molecule has 0 aromatic carbocycles. The number of hydrogen-bond acceptors (Lipinski definition) is 6. The van der Waals surface area contributed by atoms with Crippen molar-refractivity contribution >= 4 is 11.6 Å². The van der Waals surface area contributed by atoms with Crippen molar-refractivity contribution in [2.45, 2.75) is 0 Å². The van der Waals surface area contributed by atoms with Crippen molar-refractivity contribution in [3.05, 3.63) is 6.33 Å². The van der Waals surface area contributed by atoms with Gasteiger partial charge in [-0.2, -0.15) is 0 Å². The molecule has 0 aliphatic heterocycles. The molecule has 0 saturated carbocycles. The monoisotopic (exact) mass is 211 g/mol. The average molecular weight is 211 g/mol. The Bertz CT molecular complexity index is 315. The number of ether oxygens (including phenoxy) is 1. The lowest BCUT2D eigenvalue weighted by atomic mass is 10.4. The van der Waals surface area contributed by atoms with E-state index in [9.17, 15) is 0 Å². The van der Waals surface area contributed by atoms with Crippen LogP contribution in [0.3, 0.4) is 0 Å². The van der Waals surface area contributed by atoms with Crippen LogP contribution in [0.4, 0.5) is 11.6 Å². The summed E-state index contributed by atoms with van der Waals surface area (Å²) in [5, 5.41) is 3.14. The number of rotatable bonds is 5. The van der Waals surface area contributed by atoms with Gasteiger partial charge in [-0.15, -0.1) is 0 Å². The predicted molar refractivity (Wildman–Crippen MR) is 60.0 cm³/mol. The average Bonchev–Trinajstić information content (AvgIpc) is 2.17. The second-order valence-corrected chi connectivity index (χ2v) is 3.37. The van der Waals surface area contributed by atoms with Crippen LogP contribution in [0, 0.1) is 0 Å². The molecule has 6 heteroatoms. The number of nitrogens with one attached hydrogen (secondary N) is 1. The number of likely N-dealkylation sites (N-methyl/N-ethyl adjacent to an activating group) is 1. The van der Waals surface area contributed by atoms with E-state index in [4.69, 9.17) is 10.5 Å². The van der Waals surface area contributed by atoms with Gasteiger partial charge in [-0.1, -0.05) is 0 Å². The molecule has 0 amide bonds. The Balaban J connectivity index is 2.64. The highest BCUT2D eigenvalue weighted by Gasteiger charge is 2.08. The quantitative estimate of drug-likeness (QED) is 0.716. The summed E-state index contributed by atoms with van der Waals surface area (Å²) in [4.78, 5) is 9.98. The highest BCUT2D eigenvalue weighted by molar-refractivity contribution is 5.61. The van der Waals surface area contributed by atoms with Crippen LogP contribution in [0.15, 0.2) is 6.33 Å². The van der Waals surface area contributed by atoms with Gasteiger partial charge in [-0.25, -0.2) is 9.97 Å². The fourth-order valence-corrected chi connectivity index (χ4v) is 1.11. The third-order valence-corrected chi connectivity index (χ3v) is 1.89. The van der Waals surface area contributed by atoms with Gasteiger partial charge in [0.05, 0.1) is 7.11 Å². The van der Waals surface area contributed by atoms with Crippen molar-refractivity contribution in [3.63, 3.8) is 0 Å². The standard InChI is InChI=1S/C9H17N5O/c1-14(2)5-4-11-9-7(15-3)8(10)12-6-13-9/h6H,4-5H2,1-3H3,(H3,10,11,12,13). The first-order valence-electron chi connectivity index (χ1n) is 4.68. The second-order valence-electron chi connectivity index (χ2n) is 3.37. The maximum Gasteiger partial charge on any atom is 0.203 e. The maximum atomic E-state index is 5.64. The lowest BCUT2D eigenvalue weighted by molar-refractivity contribution is 0.411. The van der Waals surface area contributed by atoms with E-state index in [1.165, 1.54) is 6.33 Å². The van der Waals surface area contributed by atoms with E-state index in [0.29, 0.717) is 17.4 Å². The van der Waals surface area contributed by atoms with Crippen LogP contribution in [0.25, 0.3) is 0 Å². The highest BCUT2D eigenvalue weighted by atomic mass is 16.5. The number of methoxy groups -OCH3 is 1. The molecule has 0 radical (unpaired) electrons. The van der Waals surface area contributed by atoms with E-state index in [1.54, 1.807) is 7.11 Å². The van der Waals surface area contributed by atoms with E-state index >= 15 is 0 Å². The van der Waals surface area contributed by atoms with E-state index in [2.05, 4.69) is 20.2 Å². The molecule has 0 saturated heterocycles. The van der Waals surface area contributed by atoms with Crippen molar-refractivity contribution in [3.8, 4) is 5.75 Å². The Kier molecular flexibility index (Phi) is 4.11. The zero-order valence-corrected chi connectivity index (χ0v) is 9.32. The smallest absolute Gasteiger partial charge is 0.203 e. The minimum absolute atomic E-state index is 0.347. The van der Waals surface area contributed by atoms with Crippen LogP contribution in [-0.2, 0) is 0 Å². The molecular weight excluding hydrogens is 194 g/mol. The number of nitrogens with two attached hydrogens (primary N) is 1. The van der Waals surface area contributed by atoms with Gasteiger partial charge < -0.3 is 20.7 Å². The van der Waals surface area contributed by atoms with Gasteiger partial charge in [0.1, 0.15) is 6.33 Å². The van der Waals surface area contributed by atoms with E-state index < -0.39 is 0 Å². The van der Waals surface area contributed by atoms with Gasteiger partial charge in [0.2, 0.25) is 5.75 Å². The number of hydrogen-bond donors (Lipinski definition) is 2. The lowest BCUT2D eigenvalue weighted by Crippen LogP contribution is -2.21. The highest BCUT2D eigenvalue weighted by Crippen LogP contribution is 2.25. The largest absolute Gasteiger partial charge is 0.490 e. The van der Waals surface area contributed by atoms with Crippen LogP contribution >= 0.6 is 0 Å². The Morgan fingerprint density at radius 2 is 2.20 bits per heavy atom. The SMILES string of the molecule is COc1c(N)ncnc1NCCN(C)C. The second kappa shape index (κ2) is 5.35. The van der Waals surface area contributed by atoms with Crippen molar-refractivity contribution in [2.24, 2.45) is 0 Å². The van der Waals surface area contributed by atoms with Crippen molar-refractivity contribution < 1.29 is 4.74 Å². The van der Waals surface area contributed by atoms with Gasteiger partial charge in [-0.05, 0) is 14.1 Å². The molecule has 6 nitrogen and oxygen atoms in total. The Morgan fingerprint density at radius 3 is 2.80 bits per heavy atom. The fourth-order valence-electron chi connectivity index (χ4n) is 1.11. The van der Waals surface area contributed by atoms with E-state index in [0.717, 1.165) is 13.1 Å². The number of nitrogens with zero attached hydrogens (tertiary/aromatic N) is 3. The van der Waals surface area contributed by atoms with Gasteiger partial charge in [0.25, 0.3) is 0 Å². The molecule has 0 fully saturated rings. The molecule has 84 valence electrons. The summed E-state index contributed by atoms with van der Waals surface area (Å²) in [6, 6.07) is 0. The molecule has 1 aromatic rings. The molecule has 1 heterocycles. The first-order valence-corrected chi connectivity index (χ1v) is 4.68. The normalized spacial score (nSPS) is 10.4. The van der Waals surface area contributed by atoms with Crippen LogP contribution < -0.4 is 15.8 Å². The van der Waals surface area contributed by atoms with Crippen molar-refractivity contribution in [1.82, 2.24) is 14.9 Å². The molecule has 0 atom stereocenters. The van der Waals surface area contributed by atoms with Gasteiger partial charge in [-0.3, -0.25) is 0 Å². The molecule has 0 unspecified atom stereocenters. The number of anilines is 2. The maximum absolute atomic E-state index is 5.64. The number of aromatic nitrogens is 2. The summed E-state index contributed by atoms with van der Waals surface area (Å²) < 4.78 is 5.11. The summed E-state index contributed by atoms with van der Waals surface area (Å²) in [6.45, 7) is 1.69. The molecular formula is C9H17N5O. The first kappa shape index (κ1) is 11.5. The molecule has 0 bridgehead atoms. The van der Waals surface area contributed by atoms with Crippen molar-refractivity contribution in [2.75, 3.05) is 45.3 Å². The zero-order chi connectivity index (χ0) is 11.3. The minimum atomic E-state index is 0.347. The van der Waals surface area contributed by atoms with Gasteiger partial charge in [0.15, 0.2) is 11.6 Å². The Morgan fingerprint density at radius 1 is 1.47 bits per heavy atom. The van der Waals surface area contributed by atoms with Gasteiger partial charge in [0, 0.05) is 13.1 Å². The molecule has 1 rings (SSSR count). The van der Waals surface area contributed by atoms with Crippen molar-refractivity contribution in [1.29, 1.82) is 0 Å². The molecule has 15 heavy (non-hydrogen) atoms. The van der Waals surface area contributed by atoms with E-state index in [1.807, 2.05) is 14.1 Å². The Hall–Kier alpha value is -1.56. The van der Waals surface area contributed by atoms with E-state index in [-0.39, 0.29) is 0 Å². The van der Waals surface area contributed by atoms with Crippen LogP contribution in [0.2, 0.25) is 0 Å². The molecule has 0 aliphatic carbocycles. The van der Waals surface area contributed by atoms with Crippen LogP contribution in [-0.4, -0.2) is 49.2 Å². The fraction of sp³-hybridized carbons (Fsp3) is 0.556. The predicted octanol–water partition coefficient (Wildman–Crippen LogP) is 0.0409. The summed E-state index contributed by atoms with van der Waals surface area (Å²) in [6.07, 6.45) is 1.41. The zero-order valence-electron chi connectivity index (χ0n) is 9.32. The first-order chi connectivity index (χ1) is 7.15. The molecule has 1 aromatic heterocycles. The summed E-state index contributed by atoms with van der Waals surface area (Å²) >= 11 is 0. The minimum Gasteiger partial charge on any atom is -0.490 e. The summed E-state index contributed by atoms with van der Waals surface area (Å²) in [7, 11) is 5.56. The summed E-state index contributed by atoms with van der Waals surface area (Å²) in [5.41, 5.74) is 5.64. The van der Waals surface area contributed by atoms with Gasteiger partial charge >= 0.3 is 0 Å². The third-order valence-electron chi connectivity index (χ3n) is 1.89. The molecule has 0 aliphatic rings.